The van der Waals surface area contributed by atoms with Crippen molar-refractivity contribution >= 4 is 6.29 Å². The predicted molar refractivity (Wildman–Crippen MR) is 74.0 cm³/mol. The molecular formula is C16H16O3. The smallest absolute Gasteiger partial charge is 0.123 e. The fourth-order valence-electron chi connectivity index (χ4n) is 1.77. The highest BCUT2D eigenvalue weighted by Crippen LogP contribution is 2.22. The summed E-state index contributed by atoms with van der Waals surface area (Å²) in [4.78, 5) is 10.2. The molecule has 0 atom stereocenters. The lowest BCUT2D eigenvalue weighted by atomic mass is 10.0. The quantitative estimate of drug-likeness (QED) is 0.638. The van der Waals surface area contributed by atoms with E-state index < -0.39 is 0 Å². The minimum atomic E-state index is 0.0593. The Hall–Kier alpha value is -2.13. The fraction of sp³-hybridized carbons (Fsp3) is 0.188. The Morgan fingerprint density at radius 2 is 1.53 bits per heavy atom. The van der Waals surface area contributed by atoms with Gasteiger partial charge in [0, 0.05) is 6.42 Å². The minimum Gasteiger partial charge on any atom is -0.493 e. The maximum atomic E-state index is 10.2. The van der Waals surface area contributed by atoms with Crippen molar-refractivity contribution in [1.82, 2.24) is 0 Å². The van der Waals surface area contributed by atoms with Crippen LogP contribution in [0, 0.1) is 0 Å². The molecule has 0 bridgehead atoms. The number of aldehydes is 1. The Morgan fingerprint density at radius 1 is 0.947 bits per heavy atom. The first-order chi connectivity index (χ1) is 9.33. The van der Waals surface area contributed by atoms with Crippen molar-refractivity contribution in [1.29, 1.82) is 0 Å². The Kier molecular flexibility index (Phi) is 4.70. The van der Waals surface area contributed by atoms with E-state index >= 15 is 0 Å². The van der Waals surface area contributed by atoms with Crippen molar-refractivity contribution in [3.8, 4) is 16.9 Å². The van der Waals surface area contributed by atoms with Crippen LogP contribution in [0.25, 0.3) is 11.1 Å². The molecule has 0 amide bonds. The molecular weight excluding hydrogens is 240 g/mol. The Morgan fingerprint density at radius 3 is 2.05 bits per heavy atom. The third kappa shape index (κ3) is 3.66. The van der Waals surface area contributed by atoms with E-state index in [0.29, 0.717) is 13.0 Å². The molecule has 0 aliphatic carbocycles. The van der Waals surface area contributed by atoms with Crippen LogP contribution < -0.4 is 4.74 Å². The van der Waals surface area contributed by atoms with Gasteiger partial charge in [0.2, 0.25) is 0 Å². The zero-order valence-electron chi connectivity index (χ0n) is 10.6. The van der Waals surface area contributed by atoms with Gasteiger partial charge in [0.1, 0.15) is 12.0 Å². The second kappa shape index (κ2) is 6.71. The van der Waals surface area contributed by atoms with E-state index in [0.717, 1.165) is 28.7 Å². The molecule has 0 spiro atoms. The molecule has 98 valence electrons. The zero-order valence-corrected chi connectivity index (χ0v) is 10.6. The molecule has 0 saturated heterocycles. The van der Waals surface area contributed by atoms with Gasteiger partial charge in [-0.25, -0.2) is 0 Å². The molecule has 0 aromatic heterocycles. The van der Waals surface area contributed by atoms with Gasteiger partial charge in [0.25, 0.3) is 0 Å². The summed E-state index contributed by atoms with van der Waals surface area (Å²) in [7, 11) is 0. The summed E-state index contributed by atoms with van der Waals surface area (Å²) in [5, 5.41) is 9.00. The van der Waals surface area contributed by atoms with Gasteiger partial charge >= 0.3 is 0 Å². The van der Waals surface area contributed by atoms with E-state index in [2.05, 4.69) is 0 Å². The van der Waals surface area contributed by atoms with Crippen LogP contribution in [0.2, 0.25) is 0 Å². The molecule has 1 N–H and O–H groups in total. The fourth-order valence-corrected chi connectivity index (χ4v) is 1.77. The van der Waals surface area contributed by atoms with Gasteiger partial charge in [-0.05, 0) is 28.8 Å². The lowest BCUT2D eigenvalue weighted by Gasteiger charge is -2.06. The highest BCUT2D eigenvalue weighted by Gasteiger charge is 1.99. The van der Waals surface area contributed by atoms with Crippen LogP contribution in [0.4, 0.5) is 0 Å². The van der Waals surface area contributed by atoms with Crippen LogP contribution >= 0.6 is 0 Å². The van der Waals surface area contributed by atoms with E-state index in [-0.39, 0.29) is 6.61 Å². The molecule has 2 aromatic rings. The number of aliphatic hydroxyl groups excluding tert-OH is 1. The summed E-state index contributed by atoms with van der Waals surface area (Å²) in [6.45, 7) is 0.470. The van der Waals surface area contributed by atoms with Crippen molar-refractivity contribution in [2.45, 2.75) is 13.0 Å². The number of ether oxygens (including phenoxy) is 1. The molecule has 3 heteroatoms. The molecule has 0 unspecified atom stereocenters. The van der Waals surface area contributed by atoms with Gasteiger partial charge in [-0.2, -0.15) is 0 Å². The van der Waals surface area contributed by atoms with Crippen LogP contribution in [0.15, 0.2) is 48.5 Å². The second-order valence-corrected chi connectivity index (χ2v) is 4.18. The van der Waals surface area contributed by atoms with Crippen LogP contribution in [0.5, 0.6) is 5.75 Å². The van der Waals surface area contributed by atoms with Crippen LogP contribution in [-0.4, -0.2) is 18.0 Å². The molecule has 0 saturated carbocycles. The Labute approximate surface area is 112 Å². The predicted octanol–water partition coefficient (Wildman–Crippen LogP) is 2.81. The number of hydrogen-bond acceptors (Lipinski definition) is 3. The maximum absolute atomic E-state index is 10.2. The monoisotopic (exact) mass is 256 g/mol. The average molecular weight is 256 g/mol. The molecule has 0 heterocycles. The highest BCUT2D eigenvalue weighted by molar-refractivity contribution is 5.64. The third-order valence-electron chi connectivity index (χ3n) is 2.83. The normalized spacial score (nSPS) is 10.2. The summed E-state index contributed by atoms with van der Waals surface area (Å²) in [5.74, 6) is 0.762. The number of benzene rings is 2. The number of carbonyl (C=O) groups is 1. The number of carbonyl (C=O) groups excluding carboxylic acids is 1. The molecule has 0 radical (unpaired) electrons. The van der Waals surface area contributed by atoms with Gasteiger partial charge in [-0.3, -0.25) is 0 Å². The third-order valence-corrected chi connectivity index (χ3v) is 2.83. The van der Waals surface area contributed by atoms with Gasteiger partial charge in [-0.15, -0.1) is 0 Å². The van der Waals surface area contributed by atoms with E-state index in [1.54, 1.807) is 0 Å². The summed E-state index contributed by atoms with van der Waals surface area (Å²) in [6.07, 6.45) is 1.25. The largest absolute Gasteiger partial charge is 0.493 e. The molecule has 0 aliphatic rings. The van der Waals surface area contributed by atoms with E-state index in [1.165, 1.54) is 0 Å². The SMILES string of the molecule is O=CCCOc1ccc(-c2ccc(CO)cc2)cc1. The Bertz CT molecular complexity index is 515. The molecule has 0 aliphatic heterocycles. The molecule has 2 rings (SSSR count). The van der Waals surface area contributed by atoms with E-state index in [1.807, 2.05) is 48.5 Å². The average Bonchev–Trinajstić information content (AvgIpc) is 2.48. The van der Waals surface area contributed by atoms with Crippen molar-refractivity contribution in [2.24, 2.45) is 0 Å². The van der Waals surface area contributed by atoms with Crippen LogP contribution in [-0.2, 0) is 11.4 Å². The van der Waals surface area contributed by atoms with Crippen LogP contribution in [0.3, 0.4) is 0 Å². The minimum absolute atomic E-state index is 0.0593. The van der Waals surface area contributed by atoms with Gasteiger partial charge in [-0.1, -0.05) is 36.4 Å². The lowest BCUT2D eigenvalue weighted by Crippen LogP contribution is -1.97. The molecule has 19 heavy (non-hydrogen) atoms. The highest BCUT2D eigenvalue weighted by atomic mass is 16.5. The summed E-state index contributed by atoms with van der Waals surface area (Å²) >= 11 is 0. The number of hydrogen-bond donors (Lipinski definition) is 1. The first-order valence-corrected chi connectivity index (χ1v) is 6.20. The van der Waals surface area contributed by atoms with Gasteiger partial charge < -0.3 is 14.6 Å². The van der Waals surface area contributed by atoms with Gasteiger partial charge in [0.05, 0.1) is 13.2 Å². The number of aliphatic hydroxyl groups is 1. The molecule has 2 aromatic carbocycles. The Balaban J connectivity index is 2.06. The summed E-state index contributed by atoms with van der Waals surface area (Å²) in [6, 6.07) is 15.5. The maximum Gasteiger partial charge on any atom is 0.123 e. The first-order valence-electron chi connectivity index (χ1n) is 6.20. The molecule has 3 nitrogen and oxygen atoms in total. The van der Waals surface area contributed by atoms with Crippen LogP contribution in [0.1, 0.15) is 12.0 Å². The second-order valence-electron chi connectivity index (χ2n) is 4.18. The topological polar surface area (TPSA) is 46.5 Å². The number of rotatable bonds is 6. The van der Waals surface area contributed by atoms with E-state index in [4.69, 9.17) is 9.84 Å². The van der Waals surface area contributed by atoms with Crippen molar-refractivity contribution in [3.05, 3.63) is 54.1 Å². The van der Waals surface area contributed by atoms with Gasteiger partial charge in [0.15, 0.2) is 0 Å². The first kappa shape index (κ1) is 13.3. The summed E-state index contributed by atoms with van der Waals surface area (Å²) in [5.41, 5.74) is 3.08. The summed E-state index contributed by atoms with van der Waals surface area (Å²) < 4.78 is 5.41. The standard InChI is InChI=1S/C16H16O3/c17-10-1-11-19-16-8-6-15(7-9-16)14-4-2-13(12-18)3-5-14/h2-10,18H,1,11-12H2. The van der Waals surface area contributed by atoms with Crippen molar-refractivity contribution < 1.29 is 14.6 Å². The lowest BCUT2D eigenvalue weighted by molar-refractivity contribution is -0.108. The van der Waals surface area contributed by atoms with E-state index in [9.17, 15) is 4.79 Å². The molecule has 0 fully saturated rings. The zero-order chi connectivity index (χ0) is 13.5. The van der Waals surface area contributed by atoms with Crippen molar-refractivity contribution in [3.63, 3.8) is 0 Å². The van der Waals surface area contributed by atoms with Crippen molar-refractivity contribution in [2.75, 3.05) is 6.61 Å².